The van der Waals surface area contributed by atoms with Gasteiger partial charge in [0, 0.05) is 11.1 Å². The van der Waals surface area contributed by atoms with E-state index in [0.717, 1.165) is 5.69 Å². The van der Waals surface area contributed by atoms with Gasteiger partial charge in [0.15, 0.2) is 0 Å². The quantitative estimate of drug-likeness (QED) is 0.651. The van der Waals surface area contributed by atoms with Crippen molar-refractivity contribution in [2.75, 3.05) is 5.75 Å². The van der Waals surface area contributed by atoms with Crippen molar-refractivity contribution in [2.24, 2.45) is 0 Å². The molecule has 1 aromatic heterocycles. The molecular formula is C17H25N2O3S+. The zero-order valence-electron chi connectivity index (χ0n) is 14.1. The van der Waals surface area contributed by atoms with Gasteiger partial charge < -0.3 is 0 Å². The predicted octanol–water partition coefficient (Wildman–Crippen LogP) is 2.90. The summed E-state index contributed by atoms with van der Waals surface area (Å²) in [6.07, 6.45) is 5.63. The summed E-state index contributed by atoms with van der Waals surface area (Å²) in [7, 11) is -3.95. The van der Waals surface area contributed by atoms with E-state index in [4.69, 9.17) is 4.55 Å². The lowest BCUT2D eigenvalue weighted by molar-refractivity contribution is -0.691. The van der Waals surface area contributed by atoms with Crippen LogP contribution in [0.5, 0.6) is 0 Å². The number of nitrogens with zero attached hydrogens (tertiary/aromatic N) is 2. The van der Waals surface area contributed by atoms with Gasteiger partial charge in [0.25, 0.3) is 10.1 Å². The first-order chi connectivity index (χ1) is 10.7. The van der Waals surface area contributed by atoms with E-state index in [2.05, 4.69) is 45.9 Å². The van der Waals surface area contributed by atoms with Crippen molar-refractivity contribution in [1.29, 1.82) is 0 Å². The van der Waals surface area contributed by atoms with Gasteiger partial charge in [-0.05, 0) is 11.8 Å². The van der Waals surface area contributed by atoms with Crippen molar-refractivity contribution in [2.45, 2.75) is 46.1 Å². The fraction of sp³-hybridized carbons (Fsp3) is 0.471. The molecule has 0 aliphatic heterocycles. The Kier molecular flexibility index (Phi) is 5.26. The Morgan fingerprint density at radius 2 is 1.70 bits per heavy atom. The van der Waals surface area contributed by atoms with E-state index in [1.165, 1.54) is 11.1 Å². The van der Waals surface area contributed by atoms with Gasteiger partial charge in [0.2, 0.25) is 6.33 Å². The SMILES string of the molecule is CC(C)c1cccc(C(C)C)c1-n1cc[n+](CCS(=O)(=O)O)c1. The topological polar surface area (TPSA) is 63.2 Å². The molecule has 0 aliphatic rings. The second-order valence-electron chi connectivity index (χ2n) is 6.44. The molecule has 0 amide bonds. The first-order valence-corrected chi connectivity index (χ1v) is 9.45. The molecule has 0 bridgehead atoms. The van der Waals surface area contributed by atoms with Crippen molar-refractivity contribution < 1.29 is 17.5 Å². The van der Waals surface area contributed by atoms with E-state index in [1.54, 1.807) is 4.57 Å². The number of para-hydroxylation sites is 1. The summed E-state index contributed by atoms with van der Waals surface area (Å²) >= 11 is 0. The molecule has 5 nitrogen and oxygen atoms in total. The third kappa shape index (κ3) is 4.42. The molecule has 6 heteroatoms. The van der Waals surface area contributed by atoms with E-state index in [0.29, 0.717) is 11.8 Å². The minimum atomic E-state index is -3.95. The maximum atomic E-state index is 10.9. The second-order valence-corrected chi connectivity index (χ2v) is 8.01. The standard InChI is InChI=1S/C17H24N2O3S/c1-13(2)15-6-5-7-16(14(3)4)17(15)19-9-8-18(12-19)10-11-23(20,21)22/h5-9,12-14H,10-11H2,1-4H3/p+1. The maximum absolute atomic E-state index is 10.9. The summed E-state index contributed by atoms with van der Waals surface area (Å²) < 4.78 is 34.5. The van der Waals surface area contributed by atoms with Crippen molar-refractivity contribution in [3.8, 4) is 5.69 Å². The highest BCUT2D eigenvalue weighted by molar-refractivity contribution is 7.85. The molecule has 1 aromatic carbocycles. The second kappa shape index (κ2) is 6.84. The fourth-order valence-corrected chi connectivity index (χ4v) is 3.13. The number of aromatic nitrogens is 2. The largest absolute Gasteiger partial charge is 0.285 e. The molecule has 0 saturated heterocycles. The van der Waals surface area contributed by atoms with Crippen LogP contribution in [0, 0.1) is 0 Å². The Balaban J connectivity index is 2.43. The first kappa shape index (κ1) is 17.7. The van der Waals surface area contributed by atoms with Gasteiger partial charge in [-0.2, -0.15) is 8.42 Å². The van der Waals surface area contributed by atoms with E-state index in [-0.39, 0.29) is 12.3 Å². The third-order valence-corrected chi connectivity index (χ3v) is 4.60. The average molecular weight is 337 g/mol. The number of hydrogen-bond donors (Lipinski definition) is 1. The molecule has 2 aromatic rings. The lowest BCUT2D eigenvalue weighted by atomic mass is 9.92. The molecule has 0 atom stereocenters. The smallest absolute Gasteiger partial charge is 0.268 e. The van der Waals surface area contributed by atoms with Gasteiger partial charge in [-0.15, -0.1) is 0 Å². The summed E-state index contributed by atoms with van der Waals surface area (Å²) in [5.74, 6) is 0.486. The highest BCUT2D eigenvalue weighted by Gasteiger charge is 2.20. The van der Waals surface area contributed by atoms with Crippen LogP contribution in [0.25, 0.3) is 5.69 Å². The van der Waals surface area contributed by atoms with Gasteiger partial charge in [-0.25, -0.2) is 9.13 Å². The molecule has 0 unspecified atom stereocenters. The van der Waals surface area contributed by atoms with Crippen LogP contribution in [-0.2, 0) is 16.7 Å². The van der Waals surface area contributed by atoms with Crippen LogP contribution in [0.15, 0.2) is 36.9 Å². The number of imidazole rings is 1. The Bertz CT molecular complexity index is 751. The highest BCUT2D eigenvalue weighted by Crippen LogP contribution is 2.30. The lowest BCUT2D eigenvalue weighted by Crippen LogP contribution is -2.35. The Hall–Kier alpha value is -1.66. The van der Waals surface area contributed by atoms with Crippen LogP contribution in [0.4, 0.5) is 0 Å². The monoisotopic (exact) mass is 337 g/mol. The summed E-state index contributed by atoms with van der Waals surface area (Å²) in [6.45, 7) is 8.89. The minimum Gasteiger partial charge on any atom is -0.285 e. The molecular weight excluding hydrogens is 312 g/mol. The van der Waals surface area contributed by atoms with Crippen LogP contribution in [0.3, 0.4) is 0 Å². The van der Waals surface area contributed by atoms with E-state index in [9.17, 15) is 8.42 Å². The van der Waals surface area contributed by atoms with Gasteiger partial charge in [-0.1, -0.05) is 45.9 Å². The average Bonchev–Trinajstić information content (AvgIpc) is 2.92. The highest BCUT2D eigenvalue weighted by atomic mass is 32.2. The summed E-state index contributed by atoms with van der Waals surface area (Å²) in [5, 5.41) is 0. The minimum absolute atomic E-state index is 0.229. The fourth-order valence-electron chi connectivity index (χ4n) is 2.69. The number of benzene rings is 1. The first-order valence-electron chi connectivity index (χ1n) is 7.84. The van der Waals surface area contributed by atoms with Crippen molar-refractivity contribution in [3.05, 3.63) is 48.0 Å². The molecule has 1 N–H and O–H groups in total. The molecule has 0 saturated carbocycles. The van der Waals surface area contributed by atoms with Crippen LogP contribution in [0.2, 0.25) is 0 Å². The van der Waals surface area contributed by atoms with E-state index < -0.39 is 10.1 Å². The number of aryl methyl sites for hydroxylation is 1. The third-order valence-electron chi connectivity index (χ3n) is 3.90. The van der Waals surface area contributed by atoms with Gasteiger partial charge in [-0.3, -0.25) is 4.55 Å². The molecule has 2 rings (SSSR count). The van der Waals surface area contributed by atoms with Crippen molar-refractivity contribution in [1.82, 2.24) is 4.57 Å². The van der Waals surface area contributed by atoms with Crippen LogP contribution >= 0.6 is 0 Å². The maximum Gasteiger partial charge on any atom is 0.268 e. The van der Waals surface area contributed by atoms with Gasteiger partial charge in [0.05, 0.1) is 0 Å². The Morgan fingerprint density at radius 1 is 1.13 bits per heavy atom. The van der Waals surface area contributed by atoms with Gasteiger partial charge >= 0.3 is 0 Å². The molecule has 0 spiro atoms. The van der Waals surface area contributed by atoms with E-state index >= 15 is 0 Å². The lowest BCUT2D eigenvalue weighted by Gasteiger charge is -2.16. The van der Waals surface area contributed by atoms with Crippen molar-refractivity contribution in [3.63, 3.8) is 0 Å². The normalized spacial score (nSPS) is 12.3. The molecule has 0 fully saturated rings. The summed E-state index contributed by atoms with van der Waals surface area (Å²) in [5.41, 5.74) is 3.67. The van der Waals surface area contributed by atoms with E-state index in [1.807, 2.05) is 23.3 Å². The molecule has 1 heterocycles. The summed E-state index contributed by atoms with van der Waals surface area (Å²) in [4.78, 5) is 0. The number of rotatable bonds is 6. The van der Waals surface area contributed by atoms with Crippen LogP contribution < -0.4 is 4.57 Å². The van der Waals surface area contributed by atoms with Crippen molar-refractivity contribution >= 4 is 10.1 Å². The molecule has 0 aliphatic carbocycles. The molecule has 126 valence electrons. The Morgan fingerprint density at radius 3 is 2.17 bits per heavy atom. The summed E-state index contributed by atoms with van der Waals surface area (Å²) in [6, 6.07) is 6.35. The molecule has 23 heavy (non-hydrogen) atoms. The zero-order chi connectivity index (χ0) is 17.2. The van der Waals surface area contributed by atoms with Crippen LogP contribution in [-0.4, -0.2) is 23.3 Å². The number of hydrogen-bond acceptors (Lipinski definition) is 2. The molecule has 0 radical (unpaired) electrons. The van der Waals surface area contributed by atoms with Gasteiger partial charge in [0.1, 0.15) is 30.4 Å². The van der Waals surface area contributed by atoms with Crippen LogP contribution in [0.1, 0.15) is 50.7 Å². The Labute approximate surface area is 138 Å². The predicted molar refractivity (Wildman–Crippen MR) is 90.6 cm³/mol. The zero-order valence-corrected chi connectivity index (χ0v) is 14.9.